The van der Waals surface area contributed by atoms with Crippen molar-refractivity contribution >= 4 is 48.9 Å². The molecular weight excluding hydrogens is 640 g/mol. The molecule has 1 atom stereocenters. The number of fused-ring (bicyclic) bond motifs is 1. The van der Waals surface area contributed by atoms with Crippen molar-refractivity contribution in [1.29, 1.82) is 0 Å². The Morgan fingerprint density at radius 1 is 1.12 bits per heavy atom. The molecule has 0 spiro atoms. The average molecular weight is 667 g/mol. The molecule has 0 aliphatic carbocycles. The molecule has 1 aromatic heterocycles. The number of ether oxygens (including phenoxy) is 2. The Bertz CT molecular complexity index is 1740. The van der Waals surface area contributed by atoms with E-state index >= 15 is 0 Å². The monoisotopic (exact) mass is 666 g/mol. The van der Waals surface area contributed by atoms with Crippen molar-refractivity contribution in [2.75, 3.05) is 22.7 Å². The lowest BCUT2D eigenvalue weighted by Gasteiger charge is -2.35. The predicted molar refractivity (Wildman–Crippen MR) is 149 cm³/mol. The van der Waals surface area contributed by atoms with Crippen LogP contribution in [0.1, 0.15) is 24.5 Å². The van der Waals surface area contributed by atoms with Crippen LogP contribution in [0.5, 0.6) is 5.75 Å². The lowest BCUT2D eigenvalue weighted by Crippen LogP contribution is -2.48. The third-order valence-corrected chi connectivity index (χ3v) is 11.1. The fraction of sp³-hybridized carbons (Fsp3) is 0.360. The van der Waals surface area contributed by atoms with E-state index < -0.39 is 56.4 Å². The Hall–Kier alpha value is -3.48. The van der Waals surface area contributed by atoms with Gasteiger partial charge in [0.15, 0.2) is 4.21 Å². The summed E-state index contributed by atoms with van der Waals surface area (Å²) in [5.74, 6) is -0.727. The second kappa shape index (κ2) is 11.5. The lowest BCUT2D eigenvalue weighted by molar-refractivity contribution is -0.242. The molecule has 2 aromatic carbocycles. The summed E-state index contributed by atoms with van der Waals surface area (Å²) in [5, 5.41) is 2.67. The first kappa shape index (κ1) is 32.4. The highest BCUT2D eigenvalue weighted by atomic mass is 32.2. The molecule has 0 saturated heterocycles. The summed E-state index contributed by atoms with van der Waals surface area (Å²) in [6, 6.07) is 7.58. The number of nitrogens with one attached hydrogen (secondary N) is 2. The fourth-order valence-corrected chi connectivity index (χ4v) is 8.01. The number of aryl methyl sites for hydroxylation is 2. The largest absolute Gasteiger partial charge is 0.485 e. The van der Waals surface area contributed by atoms with Gasteiger partial charge in [0, 0.05) is 12.2 Å². The quantitative estimate of drug-likeness (QED) is 0.329. The van der Waals surface area contributed by atoms with Gasteiger partial charge in [0.2, 0.25) is 5.60 Å². The average Bonchev–Trinajstić information content (AvgIpc) is 3.25. The molecule has 2 heterocycles. The number of nitrogens with zero attached hydrogens (tertiary/aromatic N) is 2. The molecule has 18 heteroatoms. The molecule has 0 fully saturated rings. The third-order valence-electron chi connectivity index (χ3n) is 6.18. The second-order valence-electron chi connectivity index (χ2n) is 9.89. The molecular formula is C25H26F4N4O7S3. The Kier molecular flexibility index (Phi) is 8.71. The van der Waals surface area contributed by atoms with Gasteiger partial charge in [-0.3, -0.25) is 9.62 Å². The molecule has 43 heavy (non-hydrogen) atoms. The van der Waals surface area contributed by atoms with Crippen LogP contribution in [0.25, 0.3) is 0 Å². The number of carbonyl (C=O) groups is 1. The molecule has 1 aliphatic heterocycles. The van der Waals surface area contributed by atoms with Crippen molar-refractivity contribution in [3.8, 4) is 5.75 Å². The summed E-state index contributed by atoms with van der Waals surface area (Å²) in [6.45, 7) is 3.73. The molecule has 4 rings (SSSR count). The summed E-state index contributed by atoms with van der Waals surface area (Å²) >= 11 is 0.964. The van der Waals surface area contributed by atoms with Crippen LogP contribution in [0.2, 0.25) is 0 Å². The summed E-state index contributed by atoms with van der Waals surface area (Å²) in [5.41, 5.74) is -2.77. The maximum absolute atomic E-state index is 13.7. The van der Waals surface area contributed by atoms with E-state index in [1.165, 1.54) is 19.1 Å². The van der Waals surface area contributed by atoms with E-state index in [2.05, 4.69) is 19.8 Å². The van der Waals surface area contributed by atoms with Crippen molar-refractivity contribution in [2.24, 2.45) is 0 Å². The summed E-state index contributed by atoms with van der Waals surface area (Å²) in [4.78, 5) is 16.0. The second-order valence-corrected chi connectivity index (χ2v) is 14.9. The SMILES string of the molecule is Cc1nc(C)c(S(=O)(=O)NCC2CN(S(=O)(=O)c3ccc(F)cc3)c3cc(NC(=O)OC(C)(C)C(F)(F)F)ccc3O2)s1. The number of thiazole rings is 1. The predicted octanol–water partition coefficient (Wildman–Crippen LogP) is 4.72. The first-order chi connectivity index (χ1) is 19.8. The van der Waals surface area contributed by atoms with Crippen molar-refractivity contribution in [3.05, 3.63) is 59.0 Å². The van der Waals surface area contributed by atoms with E-state index in [9.17, 15) is 39.2 Å². The lowest BCUT2D eigenvalue weighted by atomic mass is 10.1. The van der Waals surface area contributed by atoms with Gasteiger partial charge in [-0.05, 0) is 70.2 Å². The number of amides is 1. The molecule has 0 radical (unpaired) electrons. The summed E-state index contributed by atoms with van der Waals surface area (Å²) in [7, 11) is -8.45. The maximum atomic E-state index is 13.7. The number of alkyl halides is 3. The first-order valence-electron chi connectivity index (χ1n) is 12.4. The Morgan fingerprint density at radius 2 is 1.77 bits per heavy atom. The van der Waals surface area contributed by atoms with Gasteiger partial charge in [-0.2, -0.15) is 13.2 Å². The van der Waals surface area contributed by atoms with Crippen LogP contribution in [-0.4, -0.2) is 58.9 Å². The number of anilines is 2. The highest BCUT2D eigenvalue weighted by Gasteiger charge is 2.51. The molecule has 0 saturated carbocycles. The van der Waals surface area contributed by atoms with Gasteiger partial charge in [-0.1, -0.05) is 0 Å². The van der Waals surface area contributed by atoms with Crippen LogP contribution in [0, 0.1) is 19.7 Å². The summed E-state index contributed by atoms with van der Waals surface area (Å²) in [6.07, 6.45) is -7.36. The Balaban J connectivity index is 1.64. The zero-order valence-corrected chi connectivity index (χ0v) is 25.5. The molecule has 1 amide bonds. The first-order valence-corrected chi connectivity index (χ1v) is 16.1. The number of aromatic nitrogens is 1. The third kappa shape index (κ3) is 7.02. The molecule has 2 N–H and O–H groups in total. The van der Waals surface area contributed by atoms with Gasteiger partial charge in [0.05, 0.1) is 27.8 Å². The van der Waals surface area contributed by atoms with Crippen LogP contribution < -0.4 is 19.1 Å². The number of sulfonamides is 2. The van der Waals surface area contributed by atoms with Crippen LogP contribution in [0.3, 0.4) is 0 Å². The minimum absolute atomic E-state index is 0.00620. The zero-order chi connectivity index (χ0) is 32.0. The Morgan fingerprint density at radius 3 is 2.35 bits per heavy atom. The molecule has 3 aromatic rings. The molecule has 11 nitrogen and oxygen atoms in total. The van der Waals surface area contributed by atoms with E-state index in [1.54, 1.807) is 6.92 Å². The number of rotatable bonds is 8. The Labute approximate surface area is 248 Å². The number of hydrogen-bond donors (Lipinski definition) is 2. The number of benzene rings is 2. The highest BCUT2D eigenvalue weighted by Crippen LogP contribution is 2.39. The van der Waals surface area contributed by atoms with Crippen LogP contribution in [0.15, 0.2) is 51.6 Å². The van der Waals surface area contributed by atoms with Crippen molar-refractivity contribution in [1.82, 2.24) is 9.71 Å². The topological polar surface area (TPSA) is 144 Å². The van der Waals surface area contributed by atoms with E-state index in [-0.39, 0.29) is 32.8 Å². The van der Waals surface area contributed by atoms with Crippen molar-refractivity contribution in [2.45, 2.75) is 54.7 Å². The zero-order valence-electron chi connectivity index (χ0n) is 23.0. The normalized spacial score (nSPS) is 15.9. The standard InChI is InChI=1S/C25H26F4N4O7S3/c1-14-22(41-15(2)31-14)42(35,36)30-12-18-13-33(43(37,38)19-8-5-16(26)6-9-19)20-11-17(7-10-21(20)39-18)32-23(34)40-24(3,4)25(27,28)29/h5-11,18,30H,12-13H2,1-4H3,(H,32,34). The number of carbonyl (C=O) groups excluding carboxylic acids is 1. The van der Waals surface area contributed by atoms with Gasteiger partial charge in [-0.15, -0.1) is 11.3 Å². The minimum atomic E-state index is -4.86. The van der Waals surface area contributed by atoms with Crippen LogP contribution in [0.4, 0.5) is 33.7 Å². The number of hydrogen-bond acceptors (Lipinski definition) is 9. The van der Waals surface area contributed by atoms with Crippen molar-refractivity contribution < 1.29 is 48.7 Å². The molecule has 1 unspecified atom stereocenters. The van der Waals surface area contributed by atoms with Gasteiger partial charge in [0.25, 0.3) is 20.0 Å². The fourth-order valence-electron chi connectivity index (χ4n) is 3.92. The van der Waals surface area contributed by atoms with Gasteiger partial charge in [0.1, 0.15) is 17.7 Å². The summed E-state index contributed by atoms with van der Waals surface area (Å²) < 4.78 is 120. The van der Waals surface area contributed by atoms with Gasteiger partial charge < -0.3 is 9.47 Å². The highest BCUT2D eigenvalue weighted by molar-refractivity contribution is 7.93. The minimum Gasteiger partial charge on any atom is -0.485 e. The van der Waals surface area contributed by atoms with E-state index in [0.29, 0.717) is 24.5 Å². The van der Waals surface area contributed by atoms with Crippen LogP contribution in [-0.2, 0) is 24.8 Å². The smallest absolute Gasteiger partial charge is 0.427 e. The van der Waals surface area contributed by atoms with Gasteiger partial charge in [-0.25, -0.2) is 35.7 Å². The van der Waals surface area contributed by atoms with E-state index in [4.69, 9.17) is 4.74 Å². The molecule has 1 aliphatic rings. The molecule has 0 bridgehead atoms. The van der Waals surface area contributed by atoms with E-state index in [0.717, 1.165) is 46.0 Å². The van der Waals surface area contributed by atoms with E-state index in [1.807, 2.05) is 0 Å². The van der Waals surface area contributed by atoms with Crippen LogP contribution >= 0.6 is 11.3 Å². The van der Waals surface area contributed by atoms with Crippen molar-refractivity contribution in [3.63, 3.8) is 0 Å². The maximum Gasteiger partial charge on any atom is 0.427 e. The van der Waals surface area contributed by atoms with Gasteiger partial charge >= 0.3 is 12.3 Å². The number of halogens is 4. The molecule has 234 valence electrons.